The first kappa shape index (κ1) is 29.6. The van der Waals surface area contributed by atoms with Gasteiger partial charge in [-0.25, -0.2) is 9.59 Å². The second-order valence-corrected chi connectivity index (χ2v) is 10.3. The van der Waals surface area contributed by atoms with Crippen molar-refractivity contribution in [3.63, 3.8) is 0 Å². The van der Waals surface area contributed by atoms with E-state index in [1.165, 1.54) is 19.2 Å². The van der Waals surface area contributed by atoms with Crippen LogP contribution in [0.2, 0.25) is 0 Å². The van der Waals surface area contributed by atoms with Crippen LogP contribution in [-0.2, 0) is 4.74 Å². The van der Waals surface area contributed by atoms with Gasteiger partial charge in [-0.05, 0) is 77.2 Å². The molecule has 9 heteroatoms. The molecule has 1 heterocycles. The van der Waals surface area contributed by atoms with Gasteiger partial charge in [0.15, 0.2) is 0 Å². The lowest BCUT2D eigenvalue weighted by Crippen LogP contribution is -2.12. The highest BCUT2D eigenvalue weighted by atomic mass is 16.5. The number of methoxy groups -OCH3 is 1. The maximum atomic E-state index is 13.0. The number of amides is 2. The third kappa shape index (κ3) is 6.11. The monoisotopic (exact) mass is 610 g/mol. The molecule has 9 nitrogen and oxygen atoms in total. The molecule has 0 aliphatic rings. The van der Waals surface area contributed by atoms with Gasteiger partial charge in [0.2, 0.25) is 5.76 Å². The number of carboxylic acids is 1. The maximum absolute atomic E-state index is 13.0. The number of furan rings is 1. The van der Waals surface area contributed by atoms with Crippen molar-refractivity contribution in [2.45, 2.75) is 0 Å². The van der Waals surface area contributed by atoms with Gasteiger partial charge in [0.05, 0.1) is 12.7 Å². The molecular formula is C37H26N2O7. The normalized spacial score (nSPS) is 10.7. The number of ether oxygens (including phenoxy) is 1. The number of hydrogen-bond donors (Lipinski definition) is 3. The summed E-state index contributed by atoms with van der Waals surface area (Å²) in [5.74, 6) is -1.62. The van der Waals surface area contributed by atoms with Gasteiger partial charge < -0.3 is 24.9 Å². The molecule has 0 saturated heterocycles. The minimum Gasteiger partial charge on any atom is -0.478 e. The van der Waals surface area contributed by atoms with Crippen molar-refractivity contribution in [1.29, 1.82) is 0 Å². The number of carboxylic acid groups (broad SMARTS) is 1. The Morgan fingerprint density at radius 3 is 1.78 bits per heavy atom. The minimum absolute atomic E-state index is 0.0973. The summed E-state index contributed by atoms with van der Waals surface area (Å²) in [7, 11) is 1.28. The van der Waals surface area contributed by atoms with Gasteiger partial charge >= 0.3 is 11.9 Å². The Kier molecular flexibility index (Phi) is 8.12. The molecule has 0 saturated carbocycles. The van der Waals surface area contributed by atoms with Gasteiger partial charge in [0.1, 0.15) is 5.76 Å². The Morgan fingerprint density at radius 1 is 0.609 bits per heavy atom. The lowest BCUT2D eigenvalue weighted by Gasteiger charge is -2.11. The highest BCUT2D eigenvalue weighted by Gasteiger charge is 2.15. The molecule has 3 N–H and O–H groups in total. The van der Waals surface area contributed by atoms with Crippen LogP contribution in [0.3, 0.4) is 0 Å². The molecule has 0 aliphatic heterocycles. The van der Waals surface area contributed by atoms with Crippen LogP contribution in [0.25, 0.3) is 33.2 Å². The largest absolute Gasteiger partial charge is 0.478 e. The summed E-state index contributed by atoms with van der Waals surface area (Å²) in [5, 5.41) is 16.5. The standard InChI is InChI=1S/C37H26N2O7/c1-45-37(44)33-21-20-32(46-33)24-8-12-25(13-9-24)34(40)38-27-16-14-23(15-17-27)22-6-10-26(11-7-22)35(41)39-31-19-18-30(36(42)43)28-4-2-3-5-29(28)31/h2-21H,1H3,(H,38,40)(H,39,41)(H,42,43). The Balaban J connectivity index is 1.09. The Bertz CT molecular complexity index is 2100. The number of carbonyl (C=O) groups excluding carboxylic acids is 3. The van der Waals surface area contributed by atoms with E-state index in [2.05, 4.69) is 15.4 Å². The summed E-state index contributed by atoms with van der Waals surface area (Å²) in [6, 6.07) is 34.6. The summed E-state index contributed by atoms with van der Waals surface area (Å²) in [5.41, 5.74) is 4.69. The van der Waals surface area contributed by atoms with Crippen molar-refractivity contribution < 1.29 is 33.4 Å². The van der Waals surface area contributed by atoms with Crippen LogP contribution in [0.4, 0.5) is 11.4 Å². The van der Waals surface area contributed by atoms with Crippen LogP contribution in [-0.4, -0.2) is 36.0 Å². The molecule has 1 aromatic heterocycles. The molecule has 6 rings (SSSR count). The van der Waals surface area contributed by atoms with E-state index < -0.39 is 11.9 Å². The van der Waals surface area contributed by atoms with Crippen molar-refractivity contribution in [2.24, 2.45) is 0 Å². The summed E-state index contributed by atoms with van der Waals surface area (Å²) in [6.45, 7) is 0. The van der Waals surface area contributed by atoms with E-state index in [0.29, 0.717) is 44.6 Å². The van der Waals surface area contributed by atoms with E-state index in [1.54, 1.807) is 84.9 Å². The lowest BCUT2D eigenvalue weighted by molar-refractivity contribution is 0.0565. The maximum Gasteiger partial charge on any atom is 0.373 e. The fraction of sp³-hybridized carbons (Fsp3) is 0.0270. The number of anilines is 2. The van der Waals surface area contributed by atoms with Gasteiger partial charge in [-0.1, -0.05) is 60.7 Å². The molecule has 0 atom stereocenters. The molecule has 0 bridgehead atoms. The van der Waals surface area contributed by atoms with Gasteiger partial charge in [0.25, 0.3) is 11.8 Å². The predicted molar refractivity (Wildman–Crippen MR) is 174 cm³/mol. The first-order chi connectivity index (χ1) is 22.3. The number of esters is 1. The summed E-state index contributed by atoms with van der Waals surface area (Å²) >= 11 is 0. The highest BCUT2D eigenvalue weighted by molar-refractivity contribution is 6.13. The average molecular weight is 611 g/mol. The second kappa shape index (κ2) is 12.6. The number of benzene rings is 5. The van der Waals surface area contributed by atoms with Gasteiger partial charge in [-0.2, -0.15) is 0 Å². The Morgan fingerprint density at radius 2 is 1.17 bits per heavy atom. The quantitative estimate of drug-likeness (QED) is 0.150. The lowest BCUT2D eigenvalue weighted by atomic mass is 10.0. The van der Waals surface area contributed by atoms with E-state index in [0.717, 1.165) is 11.1 Å². The molecule has 6 aromatic rings. The summed E-state index contributed by atoms with van der Waals surface area (Å²) in [6.07, 6.45) is 0. The molecule has 46 heavy (non-hydrogen) atoms. The molecule has 226 valence electrons. The number of fused-ring (bicyclic) bond motifs is 1. The first-order valence-electron chi connectivity index (χ1n) is 14.2. The highest BCUT2D eigenvalue weighted by Crippen LogP contribution is 2.28. The van der Waals surface area contributed by atoms with E-state index in [-0.39, 0.29) is 23.1 Å². The fourth-order valence-corrected chi connectivity index (χ4v) is 5.04. The SMILES string of the molecule is COC(=O)c1ccc(-c2ccc(C(=O)Nc3ccc(-c4ccc(C(=O)Nc5ccc(C(=O)O)c6ccccc56)cc4)cc3)cc2)o1. The van der Waals surface area contributed by atoms with Crippen LogP contribution in [0, 0.1) is 0 Å². The number of nitrogens with one attached hydrogen (secondary N) is 2. The molecule has 0 aliphatic carbocycles. The van der Waals surface area contributed by atoms with E-state index in [4.69, 9.17) is 4.42 Å². The van der Waals surface area contributed by atoms with Gasteiger partial charge in [0, 0.05) is 33.5 Å². The fourth-order valence-electron chi connectivity index (χ4n) is 5.04. The van der Waals surface area contributed by atoms with Crippen molar-refractivity contribution in [2.75, 3.05) is 17.7 Å². The zero-order chi connectivity index (χ0) is 32.2. The zero-order valence-corrected chi connectivity index (χ0v) is 24.4. The molecule has 0 spiro atoms. The molecular weight excluding hydrogens is 584 g/mol. The first-order valence-corrected chi connectivity index (χ1v) is 14.2. The van der Waals surface area contributed by atoms with Crippen molar-refractivity contribution >= 4 is 45.9 Å². The molecule has 0 unspecified atom stereocenters. The van der Waals surface area contributed by atoms with Crippen LogP contribution >= 0.6 is 0 Å². The van der Waals surface area contributed by atoms with Crippen LogP contribution in [0.5, 0.6) is 0 Å². The molecule has 0 radical (unpaired) electrons. The number of aromatic carboxylic acids is 1. The van der Waals surface area contributed by atoms with Gasteiger partial charge in [-0.15, -0.1) is 0 Å². The predicted octanol–water partition coefficient (Wildman–Crippen LogP) is 7.76. The van der Waals surface area contributed by atoms with Crippen LogP contribution in [0.15, 0.2) is 126 Å². The second-order valence-electron chi connectivity index (χ2n) is 10.3. The summed E-state index contributed by atoms with van der Waals surface area (Å²) in [4.78, 5) is 49.1. The Labute approximate surface area is 263 Å². The smallest absolute Gasteiger partial charge is 0.373 e. The number of hydrogen-bond acceptors (Lipinski definition) is 6. The molecule has 2 amide bonds. The van der Waals surface area contributed by atoms with E-state index in [9.17, 15) is 24.3 Å². The average Bonchev–Trinajstić information content (AvgIpc) is 3.59. The van der Waals surface area contributed by atoms with Gasteiger partial charge in [-0.3, -0.25) is 9.59 Å². The third-order valence-electron chi connectivity index (χ3n) is 7.45. The van der Waals surface area contributed by atoms with Crippen LogP contribution < -0.4 is 10.6 Å². The van der Waals surface area contributed by atoms with Crippen molar-refractivity contribution in [1.82, 2.24) is 0 Å². The van der Waals surface area contributed by atoms with E-state index >= 15 is 0 Å². The minimum atomic E-state index is -1.03. The Hall–Kier alpha value is -6.48. The van der Waals surface area contributed by atoms with E-state index in [1.807, 2.05) is 24.3 Å². The van der Waals surface area contributed by atoms with Crippen molar-refractivity contribution in [3.8, 4) is 22.5 Å². The molecule has 5 aromatic carbocycles. The van der Waals surface area contributed by atoms with Crippen LogP contribution in [0.1, 0.15) is 41.6 Å². The number of carbonyl (C=O) groups is 4. The van der Waals surface area contributed by atoms with Crippen molar-refractivity contribution in [3.05, 3.63) is 144 Å². The zero-order valence-electron chi connectivity index (χ0n) is 24.4. The summed E-state index contributed by atoms with van der Waals surface area (Å²) < 4.78 is 10.2. The topological polar surface area (TPSA) is 135 Å². The molecule has 0 fully saturated rings. The third-order valence-corrected chi connectivity index (χ3v) is 7.45. The number of rotatable bonds is 8.